The molecule has 0 aromatic heterocycles. The smallest absolute Gasteiger partial charge is 0.0219 e. The van der Waals surface area contributed by atoms with E-state index in [0.717, 1.165) is 0 Å². The Kier molecular flexibility index (Phi) is 5.15. The lowest BCUT2D eigenvalue weighted by Gasteiger charge is -2.11. The van der Waals surface area contributed by atoms with E-state index in [-0.39, 0.29) is 0 Å². The molecule has 18 heavy (non-hydrogen) atoms. The molecule has 0 aliphatic rings. The molecule has 0 unspecified atom stereocenters. The van der Waals surface area contributed by atoms with Gasteiger partial charge < -0.3 is 0 Å². The third-order valence-electron chi connectivity index (χ3n) is 3.60. The van der Waals surface area contributed by atoms with Crippen molar-refractivity contribution in [1.29, 1.82) is 0 Å². The maximum Gasteiger partial charge on any atom is -0.0219 e. The van der Waals surface area contributed by atoms with Crippen molar-refractivity contribution in [1.82, 2.24) is 0 Å². The zero-order valence-corrected chi connectivity index (χ0v) is 12.5. The SMILES string of the molecule is C/C=C(\C)c1cc(/C(C)=C/C)cc(/C(C)=C/C)c1. The molecule has 0 radical (unpaired) electrons. The summed E-state index contributed by atoms with van der Waals surface area (Å²) < 4.78 is 0. The predicted molar refractivity (Wildman–Crippen MR) is 84.4 cm³/mol. The van der Waals surface area contributed by atoms with Crippen molar-refractivity contribution in [3.8, 4) is 0 Å². The van der Waals surface area contributed by atoms with Crippen LogP contribution in [0.5, 0.6) is 0 Å². The summed E-state index contributed by atoms with van der Waals surface area (Å²) in [6, 6.07) is 6.82. The number of benzene rings is 1. The Labute approximate surface area is 112 Å². The van der Waals surface area contributed by atoms with E-state index in [1.54, 1.807) is 0 Å². The summed E-state index contributed by atoms with van der Waals surface area (Å²) >= 11 is 0. The fourth-order valence-corrected chi connectivity index (χ4v) is 1.81. The Hall–Kier alpha value is -1.56. The normalized spacial score (nSPS) is 14.0. The van der Waals surface area contributed by atoms with Gasteiger partial charge in [0.05, 0.1) is 0 Å². The Morgan fingerprint density at radius 3 is 1.00 bits per heavy atom. The molecule has 0 saturated carbocycles. The summed E-state index contributed by atoms with van der Waals surface area (Å²) in [5.41, 5.74) is 7.91. The summed E-state index contributed by atoms with van der Waals surface area (Å²) in [6.45, 7) is 12.8. The van der Waals surface area contributed by atoms with E-state index >= 15 is 0 Å². The van der Waals surface area contributed by atoms with Gasteiger partial charge in [0, 0.05) is 0 Å². The average Bonchev–Trinajstić information content (AvgIpc) is 2.43. The summed E-state index contributed by atoms with van der Waals surface area (Å²) in [4.78, 5) is 0. The van der Waals surface area contributed by atoms with Crippen LogP contribution in [0.2, 0.25) is 0 Å². The summed E-state index contributed by atoms with van der Waals surface area (Å²) in [5.74, 6) is 0. The summed E-state index contributed by atoms with van der Waals surface area (Å²) in [7, 11) is 0. The van der Waals surface area contributed by atoms with Gasteiger partial charge in [0.1, 0.15) is 0 Å². The molecular formula is C18H24. The van der Waals surface area contributed by atoms with Crippen molar-refractivity contribution >= 4 is 16.7 Å². The largest absolute Gasteiger partial charge is 0.0841 e. The molecule has 0 spiro atoms. The highest BCUT2D eigenvalue weighted by Gasteiger charge is 2.04. The van der Waals surface area contributed by atoms with Gasteiger partial charge in [0.15, 0.2) is 0 Å². The van der Waals surface area contributed by atoms with Gasteiger partial charge in [-0.25, -0.2) is 0 Å². The molecular weight excluding hydrogens is 216 g/mol. The van der Waals surface area contributed by atoms with Gasteiger partial charge in [0.2, 0.25) is 0 Å². The summed E-state index contributed by atoms with van der Waals surface area (Å²) in [5, 5.41) is 0. The highest BCUT2D eigenvalue weighted by Crippen LogP contribution is 2.26. The van der Waals surface area contributed by atoms with Gasteiger partial charge in [-0.1, -0.05) is 18.2 Å². The zero-order chi connectivity index (χ0) is 13.7. The Morgan fingerprint density at radius 1 is 0.611 bits per heavy atom. The fraction of sp³-hybridized carbons (Fsp3) is 0.333. The Morgan fingerprint density at radius 2 is 0.833 bits per heavy atom. The van der Waals surface area contributed by atoms with Gasteiger partial charge in [-0.2, -0.15) is 0 Å². The van der Waals surface area contributed by atoms with Gasteiger partial charge in [-0.05, 0) is 93.2 Å². The first kappa shape index (κ1) is 14.5. The van der Waals surface area contributed by atoms with E-state index in [9.17, 15) is 0 Å². The van der Waals surface area contributed by atoms with Gasteiger partial charge in [0.25, 0.3) is 0 Å². The van der Waals surface area contributed by atoms with Gasteiger partial charge in [-0.3, -0.25) is 0 Å². The van der Waals surface area contributed by atoms with Crippen molar-refractivity contribution in [3.05, 3.63) is 53.1 Å². The predicted octanol–water partition coefficient (Wildman–Crippen LogP) is 5.96. The van der Waals surface area contributed by atoms with Crippen molar-refractivity contribution < 1.29 is 0 Å². The minimum absolute atomic E-state index is 1.31. The molecule has 1 rings (SSSR count). The van der Waals surface area contributed by atoms with Crippen LogP contribution in [0.15, 0.2) is 36.4 Å². The molecule has 0 amide bonds. The number of hydrogen-bond donors (Lipinski definition) is 0. The highest BCUT2D eigenvalue weighted by atomic mass is 14.1. The highest BCUT2D eigenvalue weighted by molar-refractivity contribution is 5.76. The van der Waals surface area contributed by atoms with Gasteiger partial charge >= 0.3 is 0 Å². The fourth-order valence-electron chi connectivity index (χ4n) is 1.81. The molecule has 1 aromatic carbocycles. The second-order valence-corrected chi connectivity index (χ2v) is 4.71. The second-order valence-electron chi connectivity index (χ2n) is 4.71. The number of hydrogen-bond acceptors (Lipinski definition) is 0. The zero-order valence-electron chi connectivity index (χ0n) is 12.5. The average molecular weight is 240 g/mol. The molecule has 0 saturated heterocycles. The minimum atomic E-state index is 1.31. The molecule has 0 heteroatoms. The van der Waals surface area contributed by atoms with E-state index in [0.29, 0.717) is 0 Å². The van der Waals surface area contributed by atoms with Crippen LogP contribution in [-0.4, -0.2) is 0 Å². The first-order valence-corrected chi connectivity index (χ1v) is 6.58. The van der Waals surface area contributed by atoms with Crippen molar-refractivity contribution in [2.24, 2.45) is 0 Å². The molecule has 0 heterocycles. The first-order valence-electron chi connectivity index (χ1n) is 6.58. The molecule has 0 bridgehead atoms. The quantitative estimate of drug-likeness (QED) is 0.612. The topological polar surface area (TPSA) is 0 Å². The second kappa shape index (κ2) is 6.39. The van der Waals surface area contributed by atoms with E-state index in [2.05, 4.69) is 78.0 Å². The van der Waals surface area contributed by atoms with Crippen LogP contribution in [0.25, 0.3) is 16.7 Å². The molecule has 1 aromatic rings. The number of allylic oxidation sites excluding steroid dienone is 6. The van der Waals surface area contributed by atoms with Crippen molar-refractivity contribution in [2.45, 2.75) is 41.5 Å². The summed E-state index contributed by atoms with van der Waals surface area (Å²) in [6.07, 6.45) is 6.50. The Balaban J connectivity index is 3.48. The lowest BCUT2D eigenvalue weighted by molar-refractivity contribution is 1.44. The van der Waals surface area contributed by atoms with Crippen molar-refractivity contribution in [2.75, 3.05) is 0 Å². The third kappa shape index (κ3) is 3.22. The lowest BCUT2D eigenvalue weighted by atomic mass is 9.94. The number of rotatable bonds is 3. The van der Waals surface area contributed by atoms with Crippen LogP contribution < -0.4 is 0 Å². The van der Waals surface area contributed by atoms with Gasteiger partial charge in [-0.15, -0.1) is 0 Å². The monoisotopic (exact) mass is 240 g/mol. The standard InChI is InChI=1S/C18H24/c1-7-13(4)16-10-17(14(5)8-2)12-18(11-16)15(6)9-3/h7-12H,1-6H3/b13-7+,14-8+,15-9+. The first-order chi connectivity index (χ1) is 8.53. The van der Waals surface area contributed by atoms with Crippen LogP contribution in [0, 0.1) is 0 Å². The minimum Gasteiger partial charge on any atom is -0.0841 e. The van der Waals surface area contributed by atoms with Crippen molar-refractivity contribution in [3.63, 3.8) is 0 Å². The maximum absolute atomic E-state index is 2.27. The van der Waals surface area contributed by atoms with Crippen LogP contribution >= 0.6 is 0 Å². The third-order valence-corrected chi connectivity index (χ3v) is 3.60. The van der Waals surface area contributed by atoms with E-state index in [4.69, 9.17) is 0 Å². The lowest BCUT2D eigenvalue weighted by Crippen LogP contribution is -1.90. The molecule has 0 aliphatic heterocycles. The van der Waals surface area contributed by atoms with Crippen LogP contribution in [0.1, 0.15) is 58.2 Å². The Bertz CT molecular complexity index is 422. The molecule has 0 N–H and O–H groups in total. The van der Waals surface area contributed by atoms with E-state index in [1.165, 1.54) is 33.4 Å². The van der Waals surface area contributed by atoms with E-state index in [1.807, 2.05) is 0 Å². The van der Waals surface area contributed by atoms with Crippen LogP contribution in [0.4, 0.5) is 0 Å². The molecule has 96 valence electrons. The molecule has 0 fully saturated rings. The molecule has 0 atom stereocenters. The van der Waals surface area contributed by atoms with Crippen LogP contribution in [0.3, 0.4) is 0 Å². The molecule has 0 aliphatic carbocycles. The molecule has 0 nitrogen and oxygen atoms in total. The van der Waals surface area contributed by atoms with E-state index < -0.39 is 0 Å². The maximum atomic E-state index is 2.27. The van der Waals surface area contributed by atoms with Crippen LogP contribution in [-0.2, 0) is 0 Å².